The third-order valence-corrected chi connectivity index (χ3v) is 2.58. The minimum Gasteiger partial charge on any atom is -0.389 e. The number of rotatable bonds is 1. The summed E-state index contributed by atoms with van der Waals surface area (Å²) in [5.74, 6) is 0. The summed E-state index contributed by atoms with van der Waals surface area (Å²) in [6, 6.07) is 0.157. The zero-order valence-electron chi connectivity index (χ0n) is 8.37. The van der Waals surface area contributed by atoms with Gasteiger partial charge in [-0.1, -0.05) is 0 Å². The maximum absolute atomic E-state index is 9.56. The zero-order chi connectivity index (χ0) is 9.35. The summed E-state index contributed by atoms with van der Waals surface area (Å²) in [6.45, 7) is 7.54. The van der Waals surface area contributed by atoms with Crippen LogP contribution in [0.15, 0.2) is 0 Å². The van der Waals surface area contributed by atoms with Crippen molar-refractivity contribution >= 4 is 0 Å². The van der Waals surface area contributed by atoms with Crippen LogP contribution >= 0.6 is 0 Å². The lowest BCUT2D eigenvalue weighted by Crippen LogP contribution is -2.50. The molecule has 0 aromatic rings. The van der Waals surface area contributed by atoms with E-state index in [1.807, 2.05) is 7.05 Å². The number of hydrogen-bond acceptors (Lipinski definition) is 3. The molecule has 2 atom stereocenters. The second-order valence-electron chi connectivity index (χ2n) is 4.45. The van der Waals surface area contributed by atoms with Gasteiger partial charge in [0, 0.05) is 5.54 Å². The van der Waals surface area contributed by atoms with Crippen molar-refractivity contribution < 1.29 is 9.84 Å². The maximum Gasteiger partial charge on any atom is 0.0950 e. The standard InChI is InChI=1S/C9H19NO2/c1-9(2,3)10(4)7-5-12-6-8(7)11/h7-8,11H,5-6H2,1-4H3/t7-,8-/m1/s1. The lowest BCUT2D eigenvalue weighted by atomic mass is 10.0. The van der Waals surface area contributed by atoms with E-state index >= 15 is 0 Å². The first-order valence-electron chi connectivity index (χ1n) is 4.41. The van der Waals surface area contributed by atoms with Crippen LogP contribution in [0.2, 0.25) is 0 Å². The SMILES string of the molecule is CN([C@@H]1COC[C@H]1O)C(C)(C)C. The molecule has 1 N–H and O–H groups in total. The van der Waals surface area contributed by atoms with E-state index in [2.05, 4.69) is 25.7 Å². The fraction of sp³-hybridized carbons (Fsp3) is 1.00. The van der Waals surface area contributed by atoms with Gasteiger partial charge in [-0.15, -0.1) is 0 Å². The fourth-order valence-corrected chi connectivity index (χ4v) is 1.40. The van der Waals surface area contributed by atoms with E-state index in [1.165, 1.54) is 0 Å². The van der Waals surface area contributed by atoms with Crippen LogP contribution in [-0.4, -0.2) is 48.0 Å². The highest BCUT2D eigenvalue weighted by Crippen LogP contribution is 2.20. The van der Waals surface area contributed by atoms with Crippen molar-refractivity contribution in [1.29, 1.82) is 0 Å². The van der Waals surface area contributed by atoms with Crippen LogP contribution < -0.4 is 0 Å². The molecule has 0 aliphatic carbocycles. The van der Waals surface area contributed by atoms with E-state index in [1.54, 1.807) is 0 Å². The van der Waals surface area contributed by atoms with Gasteiger partial charge >= 0.3 is 0 Å². The van der Waals surface area contributed by atoms with Gasteiger partial charge in [-0.25, -0.2) is 0 Å². The normalized spacial score (nSPS) is 31.5. The molecule has 1 rings (SSSR count). The third kappa shape index (κ3) is 1.97. The first kappa shape index (κ1) is 9.96. The van der Waals surface area contributed by atoms with E-state index in [9.17, 15) is 5.11 Å². The van der Waals surface area contributed by atoms with Crippen molar-refractivity contribution in [2.45, 2.75) is 38.5 Å². The fourth-order valence-electron chi connectivity index (χ4n) is 1.40. The van der Waals surface area contributed by atoms with Gasteiger partial charge in [0.1, 0.15) is 0 Å². The Kier molecular flexibility index (Phi) is 2.76. The molecule has 3 nitrogen and oxygen atoms in total. The van der Waals surface area contributed by atoms with Crippen LogP contribution in [0.3, 0.4) is 0 Å². The van der Waals surface area contributed by atoms with Crippen LogP contribution in [0.1, 0.15) is 20.8 Å². The van der Waals surface area contributed by atoms with E-state index < -0.39 is 0 Å². The van der Waals surface area contributed by atoms with E-state index in [0.29, 0.717) is 13.2 Å². The van der Waals surface area contributed by atoms with E-state index in [-0.39, 0.29) is 17.7 Å². The molecule has 0 amide bonds. The molecular weight excluding hydrogens is 154 g/mol. The Hall–Kier alpha value is -0.120. The van der Waals surface area contributed by atoms with Gasteiger partial charge in [0.25, 0.3) is 0 Å². The van der Waals surface area contributed by atoms with Crippen molar-refractivity contribution in [2.75, 3.05) is 20.3 Å². The van der Waals surface area contributed by atoms with Gasteiger partial charge in [0.05, 0.1) is 25.4 Å². The Morgan fingerprint density at radius 2 is 1.92 bits per heavy atom. The molecule has 0 unspecified atom stereocenters. The monoisotopic (exact) mass is 173 g/mol. The second-order valence-corrected chi connectivity index (χ2v) is 4.45. The first-order valence-corrected chi connectivity index (χ1v) is 4.41. The molecule has 1 saturated heterocycles. The highest BCUT2D eigenvalue weighted by molar-refractivity contribution is 4.87. The van der Waals surface area contributed by atoms with Gasteiger partial charge in [0.15, 0.2) is 0 Å². The topological polar surface area (TPSA) is 32.7 Å². The van der Waals surface area contributed by atoms with Crippen LogP contribution in [0.5, 0.6) is 0 Å². The molecule has 0 aromatic carbocycles. The molecular formula is C9H19NO2. The number of ether oxygens (including phenoxy) is 1. The van der Waals surface area contributed by atoms with Crippen molar-refractivity contribution in [3.8, 4) is 0 Å². The van der Waals surface area contributed by atoms with Gasteiger partial charge < -0.3 is 9.84 Å². The molecule has 1 fully saturated rings. The van der Waals surface area contributed by atoms with Crippen molar-refractivity contribution in [3.05, 3.63) is 0 Å². The predicted molar refractivity (Wildman–Crippen MR) is 48.1 cm³/mol. The quantitative estimate of drug-likeness (QED) is 0.626. The number of hydrogen-bond donors (Lipinski definition) is 1. The van der Waals surface area contributed by atoms with Crippen LogP contribution in [-0.2, 0) is 4.74 Å². The molecule has 72 valence electrons. The minimum atomic E-state index is -0.325. The van der Waals surface area contributed by atoms with Gasteiger partial charge in [-0.2, -0.15) is 0 Å². The number of aliphatic hydroxyl groups is 1. The van der Waals surface area contributed by atoms with Gasteiger partial charge in [-0.3, -0.25) is 4.90 Å². The van der Waals surface area contributed by atoms with E-state index in [0.717, 1.165) is 0 Å². The lowest BCUT2D eigenvalue weighted by Gasteiger charge is -2.37. The summed E-state index contributed by atoms with van der Waals surface area (Å²) >= 11 is 0. The Morgan fingerprint density at radius 3 is 2.25 bits per heavy atom. The molecule has 1 heterocycles. The first-order chi connectivity index (χ1) is 5.43. The molecule has 1 aliphatic rings. The molecule has 0 spiro atoms. The average Bonchev–Trinajstić information content (AvgIpc) is 2.31. The minimum absolute atomic E-state index is 0.0966. The molecule has 12 heavy (non-hydrogen) atoms. The molecule has 0 radical (unpaired) electrons. The molecule has 1 aliphatic heterocycles. The van der Waals surface area contributed by atoms with Crippen LogP contribution in [0.25, 0.3) is 0 Å². The smallest absolute Gasteiger partial charge is 0.0950 e. The molecule has 0 bridgehead atoms. The predicted octanol–water partition coefficient (Wildman–Crippen LogP) is 0.476. The maximum atomic E-state index is 9.56. The summed E-state index contributed by atoms with van der Waals surface area (Å²) < 4.78 is 5.19. The Labute approximate surface area is 74.3 Å². The van der Waals surface area contributed by atoms with Crippen molar-refractivity contribution in [1.82, 2.24) is 4.90 Å². The van der Waals surface area contributed by atoms with Gasteiger partial charge in [-0.05, 0) is 27.8 Å². The van der Waals surface area contributed by atoms with Gasteiger partial charge in [0.2, 0.25) is 0 Å². The molecule has 3 heteroatoms. The highest BCUT2D eigenvalue weighted by Gasteiger charge is 2.34. The second kappa shape index (κ2) is 3.32. The summed E-state index contributed by atoms with van der Waals surface area (Å²) in [5, 5.41) is 9.56. The largest absolute Gasteiger partial charge is 0.389 e. The number of likely N-dealkylation sites (N-methyl/N-ethyl adjacent to an activating group) is 1. The van der Waals surface area contributed by atoms with Crippen LogP contribution in [0, 0.1) is 0 Å². The van der Waals surface area contributed by atoms with Crippen LogP contribution in [0.4, 0.5) is 0 Å². The Balaban J connectivity index is 2.57. The van der Waals surface area contributed by atoms with E-state index in [4.69, 9.17) is 4.74 Å². The number of aliphatic hydroxyl groups excluding tert-OH is 1. The third-order valence-electron chi connectivity index (χ3n) is 2.58. The highest BCUT2D eigenvalue weighted by atomic mass is 16.5. The van der Waals surface area contributed by atoms with Crippen molar-refractivity contribution in [2.24, 2.45) is 0 Å². The average molecular weight is 173 g/mol. The molecule has 0 aromatic heterocycles. The summed E-state index contributed by atoms with van der Waals surface area (Å²) in [6.07, 6.45) is -0.325. The lowest BCUT2D eigenvalue weighted by molar-refractivity contribution is 0.0461. The molecule has 0 saturated carbocycles. The Morgan fingerprint density at radius 1 is 1.33 bits per heavy atom. The summed E-state index contributed by atoms with van der Waals surface area (Å²) in [5.41, 5.74) is 0.0966. The zero-order valence-corrected chi connectivity index (χ0v) is 8.37. The Bertz CT molecular complexity index is 153. The van der Waals surface area contributed by atoms with Crippen molar-refractivity contribution in [3.63, 3.8) is 0 Å². The number of nitrogens with zero attached hydrogens (tertiary/aromatic N) is 1. The summed E-state index contributed by atoms with van der Waals surface area (Å²) in [4.78, 5) is 2.17. The summed E-state index contributed by atoms with van der Waals surface area (Å²) in [7, 11) is 2.03.